The van der Waals surface area contributed by atoms with E-state index in [1.807, 2.05) is 0 Å². The lowest BCUT2D eigenvalue weighted by Crippen LogP contribution is -2.26. The maximum absolute atomic E-state index is 11.4. The summed E-state index contributed by atoms with van der Waals surface area (Å²) >= 11 is 0. The number of hydrogen-bond acceptors (Lipinski definition) is 4. The summed E-state index contributed by atoms with van der Waals surface area (Å²) in [6, 6.07) is 6.46. The molecule has 4 nitrogen and oxygen atoms in total. The van der Waals surface area contributed by atoms with Gasteiger partial charge in [0.15, 0.2) is 9.84 Å². The van der Waals surface area contributed by atoms with Crippen LogP contribution in [0.25, 0.3) is 0 Å². The van der Waals surface area contributed by atoms with Crippen LogP contribution in [0, 0.1) is 11.8 Å². The third-order valence-corrected chi connectivity index (χ3v) is 5.40. The van der Waals surface area contributed by atoms with Gasteiger partial charge in [0.25, 0.3) is 0 Å². The molecule has 1 fully saturated rings. The van der Waals surface area contributed by atoms with Crippen molar-refractivity contribution in [2.45, 2.75) is 37.2 Å². The Morgan fingerprint density at radius 2 is 1.95 bits per heavy atom. The topological polar surface area (TPSA) is 66.4 Å². The molecular weight excluding hydrogens is 286 g/mol. The molecule has 1 aromatic carbocycles. The lowest BCUT2D eigenvalue weighted by atomic mass is 10.1. The number of sulfone groups is 1. The van der Waals surface area contributed by atoms with Crippen LogP contribution in [0.3, 0.4) is 0 Å². The van der Waals surface area contributed by atoms with Crippen LogP contribution in [0.4, 0.5) is 0 Å². The Balaban J connectivity index is 1.81. The zero-order valence-corrected chi connectivity index (χ0v) is 13.6. The van der Waals surface area contributed by atoms with Gasteiger partial charge in [-0.15, -0.1) is 0 Å². The van der Waals surface area contributed by atoms with E-state index < -0.39 is 15.9 Å². The number of hydrogen-bond donors (Lipinski definition) is 2. The molecule has 0 aliphatic heterocycles. The molecule has 2 rings (SSSR count). The predicted octanol–water partition coefficient (Wildman–Crippen LogP) is 2.15. The van der Waals surface area contributed by atoms with Crippen molar-refractivity contribution >= 4 is 9.84 Å². The normalized spacial score (nSPS) is 24.1. The fraction of sp³-hybridized carbons (Fsp3) is 0.625. The van der Waals surface area contributed by atoms with E-state index >= 15 is 0 Å². The Morgan fingerprint density at radius 3 is 2.48 bits per heavy atom. The summed E-state index contributed by atoms with van der Waals surface area (Å²) < 4.78 is 22.8. The first-order chi connectivity index (χ1) is 9.86. The van der Waals surface area contributed by atoms with Gasteiger partial charge < -0.3 is 10.4 Å². The Bertz CT molecular complexity index is 553. The monoisotopic (exact) mass is 311 g/mol. The van der Waals surface area contributed by atoms with Crippen LogP contribution >= 0.6 is 0 Å². The minimum atomic E-state index is -3.18. The van der Waals surface area contributed by atoms with Crippen LogP contribution in [-0.4, -0.2) is 32.9 Å². The van der Waals surface area contributed by atoms with Crippen molar-refractivity contribution in [3.63, 3.8) is 0 Å². The third-order valence-electron chi connectivity index (χ3n) is 4.27. The fourth-order valence-corrected chi connectivity index (χ4v) is 3.62. The van der Waals surface area contributed by atoms with E-state index in [0.717, 1.165) is 23.9 Å². The van der Waals surface area contributed by atoms with Crippen molar-refractivity contribution in [2.24, 2.45) is 11.8 Å². The summed E-state index contributed by atoms with van der Waals surface area (Å²) in [5.74, 6) is 1.55. The molecule has 1 aliphatic rings. The van der Waals surface area contributed by atoms with Crippen LogP contribution in [0.1, 0.15) is 37.9 Å². The second-order valence-corrected chi connectivity index (χ2v) is 8.32. The molecule has 1 aromatic rings. The second-order valence-electron chi connectivity index (χ2n) is 6.30. The number of rotatable bonds is 6. The lowest BCUT2D eigenvalue weighted by Gasteiger charge is -2.15. The third kappa shape index (κ3) is 4.80. The highest BCUT2D eigenvalue weighted by Crippen LogP contribution is 2.29. The minimum Gasteiger partial charge on any atom is -0.387 e. The summed E-state index contributed by atoms with van der Waals surface area (Å²) in [7, 11) is -3.18. The molecule has 0 spiro atoms. The summed E-state index contributed by atoms with van der Waals surface area (Å²) in [6.07, 6.45) is 4.43. The fourth-order valence-electron chi connectivity index (χ4n) is 2.99. The Morgan fingerprint density at radius 1 is 1.29 bits per heavy atom. The first-order valence-electron chi connectivity index (χ1n) is 7.55. The van der Waals surface area contributed by atoms with E-state index in [1.54, 1.807) is 24.3 Å². The standard InChI is InChI=1S/C16H25NO3S/c1-12-3-4-13(9-12)10-17-11-16(18)14-5-7-15(8-6-14)21(2,19)20/h5-8,12-13,16-18H,3-4,9-11H2,1-2H3. The van der Waals surface area contributed by atoms with Crippen molar-refractivity contribution in [3.8, 4) is 0 Å². The van der Waals surface area contributed by atoms with Gasteiger partial charge in [0.05, 0.1) is 11.0 Å². The number of benzene rings is 1. The largest absolute Gasteiger partial charge is 0.387 e. The van der Waals surface area contributed by atoms with Crippen LogP contribution in [-0.2, 0) is 9.84 Å². The number of aliphatic hydroxyl groups is 1. The Labute approximate surface area is 127 Å². The first-order valence-corrected chi connectivity index (χ1v) is 9.44. The highest BCUT2D eigenvalue weighted by atomic mass is 32.2. The molecule has 3 atom stereocenters. The van der Waals surface area contributed by atoms with E-state index in [4.69, 9.17) is 0 Å². The minimum absolute atomic E-state index is 0.284. The molecule has 0 bridgehead atoms. The molecule has 0 heterocycles. The predicted molar refractivity (Wildman–Crippen MR) is 83.9 cm³/mol. The van der Waals surface area contributed by atoms with Crippen molar-refractivity contribution in [1.82, 2.24) is 5.32 Å². The van der Waals surface area contributed by atoms with Crippen molar-refractivity contribution in [1.29, 1.82) is 0 Å². The van der Waals surface area contributed by atoms with Gasteiger partial charge >= 0.3 is 0 Å². The van der Waals surface area contributed by atoms with Crippen LogP contribution < -0.4 is 5.32 Å². The van der Waals surface area contributed by atoms with Crippen LogP contribution in [0.2, 0.25) is 0 Å². The Hall–Kier alpha value is -0.910. The molecular formula is C16H25NO3S. The van der Waals surface area contributed by atoms with E-state index in [2.05, 4.69) is 12.2 Å². The second kappa shape index (κ2) is 6.90. The summed E-state index contributed by atoms with van der Waals surface area (Å²) in [4.78, 5) is 0.284. The average molecular weight is 311 g/mol. The summed E-state index contributed by atoms with van der Waals surface area (Å²) in [5, 5.41) is 13.5. The van der Waals surface area contributed by atoms with Gasteiger partial charge in [-0.1, -0.05) is 25.5 Å². The maximum Gasteiger partial charge on any atom is 0.175 e. The highest BCUT2D eigenvalue weighted by molar-refractivity contribution is 7.90. The van der Waals surface area contributed by atoms with Crippen molar-refractivity contribution in [2.75, 3.05) is 19.3 Å². The molecule has 21 heavy (non-hydrogen) atoms. The average Bonchev–Trinajstić information content (AvgIpc) is 2.83. The van der Waals surface area contributed by atoms with E-state index in [9.17, 15) is 13.5 Å². The molecule has 0 saturated heterocycles. The van der Waals surface area contributed by atoms with E-state index in [0.29, 0.717) is 6.54 Å². The van der Waals surface area contributed by atoms with Gasteiger partial charge in [-0.25, -0.2) is 8.42 Å². The van der Waals surface area contributed by atoms with E-state index in [1.165, 1.54) is 25.5 Å². The number of nitrogens with one attached hydrogen (secondary N) is 1. The quantitative estimate of drug-likeness (QED) is 0.845. The molecule has 1 aliphatic carbocycles. The number of aliphatic hydroxyl groups excluding tert-OH is 1. The van der Waals surface area contributed by atoms with Crippen LogP contribution in [0.5, 0.6) is 0 Å². The SMILES string of the molecule is CC1CCC(CNCC(O)c2ccc(S(C)(=O)=O)cc2)C1. The van der Waals surface area contributed by atoms with Crippen molar-refractivity contribution < 1.29 is 13.5 Å². The van der Waals surface area contributed by atoms with Crippen LogP contribution in [0.15, 0.2) is 29.2 Å². The molecule has 0 amide bonds. The van der Waals surface area contributed by atoms with Gasteiger partial charge in [-0.3, -0.25) is 0 Å². The highest BCUT2D eigenvalue weighted by Gasteiger charge is 2.21. The molecule has 0 radical (unpaired) electrons. The smallest absolute Gasteiger partial charge is 0.175 e. The lowest BCUT2D eigenvalue weighted by molar-refractivity contribution is 0.172. The van der Waals surface area contributed by atoms with Gasteiger partial charge in [0.2, 0.25) is 0 Å². The molecule has 2 N–H and O–H groups in total. The zero-order chi connectivity index (χ0) is 15.5. The first kappa shape index (κ1) is 16.5. The molecule has 0 aromatic heterocycles. The summed E-state index contributed by atoms with van der Waals surface area (Å²) in [5.41, 5.74) is 0.745. The molecule has 1 saturated carbocycles. The molecule has 3 unspecified atom stereocenters. The van der Waals surface area contributed by atoms with Gasteiger partial charge in [0.1, 0.15) is 0 Å². The van der Waals surface area contributed by atoms with Gasteiger partial charge in [0, 0.05) is 12.8 Å². The zero-order valence-electron chi connectivity index (χ0n) is 12.7. The van der Waals surface area contributed by atoms with E-state index in [-0.39, 0.29) is 4.90 Å². The Kier molecular flexibility index (Phi) is 5.41. The molecule has 118 valence electrons. The maximum atomic E-state index is 11.4. The molecule has 5 heteroatoms. The van der Waals surface area contributed by atoms with Gasteiger partial charge in [-0.05, 0) is 48.9 Å². The van der Waals surface area contributed by atoms with Gasteiger partial charge in [-0.2, -0.15) is 0 Å². The summed E-state index contributed by atoms with van der Waals surface area (Å²) in [6.45, 7) is 3.74. The van der Waals surface area contributed by atoms with Crippen molar-refractivity contribution in [3.05, 3.63) is 29.8 Å².